The normalized spacial score (nSPS) is 24.2. The van der Waals surface area contributed by atoms with E-state index in [1.807, 2.05) is 49.3 Å². The molecule has 0 radical (unpaired) electrons. The Hall–Kier alpha value is -6.92. The molecule has 6 unspecified atom stereocenters. The van der Waals surface area contributed by atoms with Crippen molar-refractivity contribution in [3.63, 3.8) is 0 Å². The van der Waals surface area contributed by atoms with Gasteiger partial charge < -0.3 is 10.0 Å². The number of rotatable bonds is 10. The number of aromatic hydroxyl groups is 1. The zero-order valence-corrected chi connectivity index (χ0v) is 34.7. The molecule has 9 rings (SSSR count). The van der Waals surface area contributed by atoms with Crippen LogP contribution in [0.3, 0.4) is 0 Å². The number of para-hydroxylation sites is 1. The van der Waals surface area contributed by atoms with Crippen LogP contribution in [0, 0.1) is 29.5 Å². The van der Waals surface area contributed by atoms with Gasteiger partial charge in [-0.1, -0.05) is 59.7 Å². The highest BCUT2D eigenvalue weighted by molar-refractivity contribution is 6.30. The Balaban J connectivity index is 1.12. The lowest BCUT2D eigenvalue weighted by Gasteiger charge is -2.50. The number of azo groups is 1. The number of hydrogen-bond acceptors (Lipinski definition) is 9. The molecule has 1 saturated carbocycles. The molecule has 5 aromatic rings. The van der Waals surface area contributed by atoms with E-state index in [1.165, 1.54) is 29.2 Å². The molecule has 2 heterocycles. The largest absolute Gasteiger partial charge is 0.507 e. The van der Waals surface area contributed by atoms with Crippen LogP contribution >= 0.6 is 11.6 Å². The van der Waals surface area contributed by atoms with Crippen LogP contribution in [0.25, 0.3) is 0 Å². The fourth-order valence-corrected chi connectivity index (χ4v) is 10.1. The summed E-state index contributed by atoms with van der Waals surface area (Å²) < 4.78 is 14.0. The molecule has 0 aromatic heterocycles. The number of phenolic OH excluding ortho intramolecular Hbond substituents is 1. The van der Waals surface area contributed by atoms with Gasteiger partial charge in [0.05, 0.1) is 45.9 Å². The van der Waals surface area contributed by atoms with E-state index in [4.69, 9.17) is 11.6 Å². The van der Waals surface area contributed by atoms with Crippen molar-refractivity contribution in [2.75, 3.05) is 29.3 Å². The third-order valence-electron chi connectivity index (χ3n) is 12.8. The smallest absolute Gasteiger partial charge is 0.260 e. The number of carbonyl (C=O) groups is 4. The van der Waals surface area contributed by atoms with Crippen molar-refractivity contribution in [2.24, 2.45) is 33.9 Å². The van der Waals surface area contributed by atoms with E-state index < -0.39 is 58.5 Å². The van der Waals surface area contributed by atoms with Gasteiger partial charge in [0, 0.05) is 36.3 Å². The van der Waals surface area contributed by atoms with Crippen LogP contribution in [0.2, 0.25) is 5.02 Å². The molecule has 13 heteroatoms. The van der Waals surface area contributed by atoms with E-state index in [2.05, 4.69) is 22.2 Å². The maximum atomic E-state index is 15.4. The molecule has 5 aromatic carbocycles. The molecule has 2 saturated heterocycles. The summed E-state index contributed by atoms with van der Waals surface area (Å²) >= 11 is 6.42. The van der Waals surface area contributed by atoms with Gasteiger partial charge in [-0.15, -0.1) is 6.58 Å². The number of carbonyl (C=O) groups excluding carboxylic acids is 4. The topological polar surface area (TPSA) is 135 Å². The molecule has 6 atom stereocenters. The van der Waals surface area contributed by atoms with E-state index in [-0.39, 0.29) is 24.5 Å². The van der Waals surface area contributed by atoms with Gasteiger partial charge in [0.15, 0.2) is 0 Å². The SMILES string of the molecule is C=CCc1cccc(C2C3=CCC4C(=O)N(c5ccc(N=Nc6ccc(N(C)C)cc6)cc5)C(=O)C4C3CC3C(=O)N(Nc4ccc(F)cc4)C(=O)C32c2ccc(Cl)cc2)c1O. The minimum absolute atomic E-state index is 0.0487. The first kappa shape index (κ1) is 40.5. The Morgan fingerprint density at radius 1 is 0.855 bits per heavy atom. The van der Waals surface area contributed by atoms with Crippen LogP contribution in [0.4, 0.5) is 32.8 Å². The Bertz CT molecular complexity index is 2690. The molecule has 62 heavy (non-hydrogen) atoms. The van der Waals surface area contributed by atoms with Crippen LogP contribution in [0.15, 0.2) is 150 Å². The summed E-state index contributed by atoms with van der Waals surface area (Å²) in [6.45, 7) is 3.86. The van der Waals surface area contributed by atoms with Gasteiger partial charge in [-0.3, -0.25) is 29.5 Å². The third kappa shape index (κ3) is 6.57. The summed E-state index contributed by atoms with van der Waals surface area (Å²) in [7, 11) is 3.91. The van der Waals surface area contributed by atoms with E-state index >= 15 is 4.79 Å². The number of halogens is 2. The molecule has 3 fully saturated rings. The maximum Gasteiger partial charge on any atom is 0.260 e. The van der Waals surface area contributed by atoms with Crippen molar-refractivity contribution in [2.45, 2.75) is 30.6 Å². The summed E-state index contributed by atoms with van der Waals surface area (Å²) in [5, 5.41) is 22.2. The average molecular weight is 849 g/mol. The number of allylic oxidation sites excluding steroid dienone is 3. The van der Waals surface area contributed by atoms with Gasteiger partial charge in [0.1, 0.15) is 11.6 Å². The fraction of sp³-hybridized carbons (Fsp3) is 0.224. The summed E-state index contributed by atoms with van der Waals surface area (Å²) in [6.07, 6.45) is 4.17. The predicted octanol–water partition coefficient (Wildman–Crippen LogP) is 9.58. The van der Waals surface area contributed by atoms with Gasteiger partial charge in [-0.2, -0.15) is 15.2 Å². The number of nitrogens with one attached hydrogen (secondary N) is 1. The van der Waals surface area contributed by atoms with Crippen molar-refractivity contribution in [3.8, 4) is 5.75 Å². The lowest BCUT2D eigenvalue weighted by molar-refractivity contribution is -0.138. The predicted molar refractivity (Wildman–Crippen MR) is 235 cm³/mol. The van der Waals surface area contributed by atoms with E-state index in [9.17, 15) is 23.9 Å². The first-order valence-electron chi connectivity index (χ1n) is 20.4. The Kier molecular flexibility index (Phi) is 10.3. The number of phenols is 1. The van der Waals surface area contributed by atoms with Crippen LogP contribution in [0.1, 0.15) is 35.4 Å². The molecule has 0 bridgehead atoms. The van der Waals surface area contributed by atoms with Crippen LogP contribution < -0.4 is 15.2 Å². The number of hydrogen-bond donors (Lipinski definition) is 2. The molecule has 2 aliphatic carbocycles. The van der Waals surface area contributed by atoms with E-state index in [0.717, 1.165) is 10.7 Å². The third-order valence-corrected chi connectivity index (χ3v) is 13.1. The van der Waals surface area contributed by atoms with Crippen molar-refractivity contribution in [3.05, 3.63) is 167 Å². The molecule has 0 spiro atoms. The summed E-state index contributed by atoms with van der Waals surface area (Å²) in [4.78, 5) is 62.8. The molecular formula is C49H42ClFN6O5. The Labute approximate surface area is 362 Å². The zero-order valence-electron chi connectivity index (χ0n) is 33.9. The summed E-state index contributed by atoms with van der Waals surface area (Å²) in [6, 6.07) is 31.7. The lowest BCUT2D eigenvalue weighted by Crippen LogP contribution is -2.53. The number of hydrazine groups is 1. The second-order valence-electron chi connectivity index (χ2n) is 16.4. The maximum absolute atomic E-state index is 15.4. The highest BCUT2D eigenvalue weighted by Crippen LogP contribution is 2.65. The minimum atomic E-state index is -1.64. The highest BCUT2D eigenvalue weighted by Gasteiger charge is 2.70. The van der Waals surface area contributed by atoms with Crippen molar-refractivity contribution < 1.29 is 28.7 Å². The molecule has 2 N–H and O–H groups in total. The van der Waals surface area contributed by atoms with E-state index in [1.54, 1.807) is 72.8 Å². The monoisotopic (exact) mass is 848 g/mol. The molecular weight excluding hydrogens is 807 g/mol. The Morgan fingerprint density at radius 2 is 1.52 bits per heavy atom. The number of imide groups is 2. The van der Waals surface area contributed by atoms with Crippen molar-refractivity contribution in [1.29, 1.82) is 0 Å². The number of amides is 4. The molecule has 312 valence electrons. The van der Waals surface area contributed by atoms with Gasteiger partial charge in [-0.05, 0) is 121 Å². The standard InChI is InChI=1S/C49H42ClFN6O5/c1-4-6-28-7-5-8-39(44(28)58)43-37-25-26-38-42(47(61)56(45(38)59)36-23-19-33(20-24-36)53-52-32-17-21-35(22-18-32)55(2)3)40(37)27-41-46(60)57(54-34-15-13-31(51)14-16-34)48(62)49(41,43)29-9-11-30(50)12-10-29/h4-5,7-25,38,40-43,54,58H,1,6,26-27H2,2-3H3. The highest BCUT2D eigenvalue weighted by atomic mass is 35.5. The number of anilines is 3. The fourth-order valence-electron chi connectivity index (χ4n) is 10.0. The first-order chi connectivity index (χ1) is 29.9. The lowest BCUT2D eigenvalue weighted by atomic mass is 9.49. The van der Waals surface area contributed by atoms with Crippen molar-refractivity contribution in [1.82, 2.24) is 5.01 Å². The average Bonchev–Trinajstić information content (AvgIpc) is 3.65. The van der Waals surface area contributed by atoms with Gasteiger partial charge in [-0.25, -0.2) is 4.39 Å². The number of benzene rings is 5. The molecule has 4 aliphatic rings. The quantitative estimate of drug-likeness (QED) is 0.0812. The van der Waals surface area contributed by atoms with Gasteiger partial charge >= 0.3 is 0 Å². The zero-order chi connectivity index (χ0) is 43.4. The minimum Gasteiger partial charge on any atom is -0.507 e. The van der Waals surface area contributed by atoms with Crippen LogP contribution in [-0.2, 0) is 31.0 Å². The van der Waals surface area contributed by atoms with Crippen LogP contribution in [-0.4, -0.2) is 47.8 Å². The molecule has 4 amide bonds. The van der Waals surface area contributed by atoms with Crippen LogP contribution in [0.5, 0.6) is 5.75 Å². The summed E-state index contributed by atoms with van der Waals surface area (Å²) in [5.74, 6) is -6.76. The summed E-state index contributed by atoms with van der Waals surface area (Å²) in [5.41, 5.74) is 6.36. The van der Waals surface area contributed by atoms with Gasteiger partial charge in [0.2, 0.25) is 11.8 Å². The number of fused-ring (bicyclic) bond motifs is 4. The second-order valence-corrected chi connectivity index (χ2v) is 16.8. The molecule has 2 aliphatic heterocycles. The second kappa shape index (κ2) is 15.8. The number of nitrogens with zero attached hydrogens (tertiary/aromatic N) is 5. The van der Waals surface area contributed by atoms with E-state index in [0.29, 0.717) is 56.5 Å². The van der Waals surface area contributed by atoms with Crippen molar-refractivity contribution >= 4 is 63.7 Å². The van der Waals surface area contributed by atoms with Gasteiger partial charge in [0.25, 0.3) is 11.8 Å². The molecule has 11 nitrogen and oxygen atoms in total. The first-order valence-corrected chi connectivity index (χ1v) is 20.8. The Morgan fingerprint density at radius 3 is 2.16 bits per heavy atom.